The average Bonchev–Trinajstić information content (AvgIpc) is 3.04. The van der Waals surface area contributed by atoms with E-state index in [-0.39, 0.29) is 28.8 Å². The normalized spacial score (nSPS) is 21.9. The SMILES string of the molecule is CC(C)(C)OC(=O)N(C(C)(C)C)S(=O)(=O)c1ccc([C@H]2[C@H](CO)C2(C)C)cc1. The van der Waals surface area contributed by atoms with Crippen LogP contribution >= 0.6 is 0 Å². The summed E-state index contributed by atoms with van der Waals surface area (Å²) in [6, 6.07) is 6.59. The van der Waals surface area contributed by atoms with E-state index >= 15 is 0 Å². The van der Waals surface area contributed by atoms with Gasteiger partial charge in [0.2, 0.25) is 0 Å². The number of ether oxygens (including phenoxy) is 1. The number of aliphatic hydroxyl groups excluding tert-OH is 1. The Morgan fingerprint density at radius 1 is 1.11 bits per heavy atom. The Labute approximate surface area is 168 Å². The van der Waals surface area contributed by atoms with Crippen molar-refractivity contribution in [1.29, 1.82) is 0 Å². The Balaban J connectivity index is 2.37. The minimum Gasteiger partial charge on any atom is -0.443 e. The van der Waals surface area contributed by atoms with E-state index < -0.39 is 27.3 Å². The van der Waals surface area contributed by atoms with Crippen molar-refractivity contribution in [3.63, 3.8) is 0 Å². The molecule has 1 saturated carbocycles. The number of amides is 1. The fraction of sp³-hybridized carbons (Fsp3) is 0.667. The van der Waals surface area contributed by atoms with Crippen LogP contribution in [0.1, 0.15) is 66.9 Å². The van der Waals surface area contributed by atoms with Crippen LogP contribution in [-0.2, 0) is 14.8 Å². The number of aliphatic hydroxyl groups is 1. The van der Waals surface area contributed by atoms with Crippen LogP contribution in [0.25, 0.3) is 0 Å². The van der Waals surface area contributed by atoms with Gasteiger partial charge in [-0.3, -0.25) is 0 Å². The molecule has 2 rings (SSSR count). The molecule has 158 valence electrons. The van der Waals surface area contributed by atoms with Crippen molar-refractivity contribution in [2.45, 2.75) is 77.3 Å². The van der Waals surface area contributed by atoms with Gasteiger partial charge in [-0.15, -0.1) is 0 Å². The van der Waals surface area contributed by atoms with Gasteiger partial charge in [0, 0.05) is 6.61 Å². The first kappa shape index (κ1) is 22.7. The van der Waals surface area contributed by atoms with Gasteiger partial charge in [0.05, 0.1) is 10.4 Å². The maximum atomic E-state index is 13.2. The summed E-state index contributed by atoms with van der Waals surface area (Å²) in [4.78, 5) is 12.7. The standard InChI is InChI=1S/C21H33NO5S/c1-19(2,3)22(18(24)27-20(4,5)6)28(25,26)15-11-9-14(10-12-15)17-16(13-23)21(17,7)8/h9-12,16-17,23H,13H2,1-8H3/t16-,17-/m0/s1. The van der Waals surface area contributed by atoms with Gasteiger partial charge in [0.25, 0.3) is 10.0 Å². The van der Waals surface area contributed by atoms with Crippen molar-refractivity contribution in [3.05, 3.63) is 29.8 Å². The lowest BCUT2D eigenvalue weighted by molar-refractivity contribution is 0.0282. The molecule has 1 aliphatic rings. The molecule has 1 aromatic carbocycles. The number of carbonyl (C=O) groups is 1. The molecule has 7 heteroatoms. The zero-order valence-corrected chi connectivity index (χ0v) is 18.9. The molecule has 0 bridgehead atoms. The third-order valence-electron chi connectivity index (χ3n) is 5.19. The van der Waals surface area contributed by atoms with Gasteiger partial charge in [0.15, 0.2) is 0 Å². The number of benzene rings is 1. The smallest absolute Gasteiger partial charge is 0.424 e. The van der Waals surface area contributed by atoms with Crippen LogP contribution in [0.5, 0.6) is 0 Å². The van der Waals surface area contributed by atoms with Crippen LogP contribution in [0.2, 0.25) is 0 Å². The number of rotatable bonds is 4. The molecule has 6 nitrogen and oxygen atoms in total. The van der Waals surface area contributed by atoms with Gasteiger partial charge in [0.1, 0.15) is 5.60 Å². The third-order valence-corrected chi connectivity index (χ3v) is 7.24. The molecule has 1 N–H and O–H groups in total. The quantitative estimate of drug-likeness (QED) is 0.805. The van der Waals surface area contributed by atoms with Gasteiger partial charge in [-0.2, -0.15) is 4.31 Å². The maximum absolute atomic E-state index is 13.2. The van der Waals surface area contributed by atoms with E-state index in [4.69, 9.17) is 4.74 Å². The first-order valence-corrected chi connectivity index (χ1v) is 11.0. The number of carbonyl (C=O) groups excluding carboxylic acids is 1. The molecule has 0 radical (unpaired) electrons. The van der Waals surface area contributed by atoms with Gasteiger partial charge in [-0.05, 0) is 76.5 Å². The predicted octanol–water partition coefficient (Wildman–Crippen LogP) is 4.14. The van der Waals surface area contributed by atoms with E-state index in [1.54, 1.807) is 53.7 Å². The molecule has 1 fully saturated rings. The Kier molecular flexibility index (Phi) is 5.69. The Bertz CT molecular complexity index is 829. The van der Waals surface area contributed by atoms with Crippen LogP contribution in [0.15, 0.2) is 29.2 Å². The summed E-state index contributed by atoms with van der Waals surface area (Å²) >= 11 is 0. The monoisotopic (exact) mass is 411 g/mol. The minimum atomic E-state index is -4.09. The highest BCUT2D eigenvalue weighted by atomic mass is 32.2. The molecule has 0 aromatic heterocycles. The summed E-state index contributed by atoms with van der Waals surface area (Å²) in [6.45, 7) is 14.3. The fourth-order valence-electron chi connectivity index (χ4n) is 3.74. The first-order chi connectivity index (χ1) is 12.5. The number of sulfonamides is 1. The van der Waals surface area contributed by atoms with Gasteiger partial charge in [-0.25, -0.2) is 13.2 Å². The fourth-order valence-corrected chi connectivity index (χ4v) is 5.38. The Morgan fingerprint density at radius 3 is 1.96 bits per heavy atom. The van der Waals surface area contributed by atoms with Crippen molar-refractivity contribution >= 4 is 16.1 Å². The molecule has 0 spiro atoms. The van der Waals surface area contributed by atoms with E-state index in [2.05, 4.69) is 13.8 Å². The highest BCUT2D eigenvalue weighted by molar-refractivity contribution is 7.89. The Morgan fingerprint density at radius 2 is 1.61 bits per heavy atom. The molecule has 1 aliphatic carbocycles. The summed E-state index contributed by atoms with van der Waals surface area (Å²) in [6.07, 6.45) is -0.896. The molecular formula is C21H33NO5S. The number of nitrogens with zero attached hydrogens (tertiary/aromatic N) is 1. The zero-order valence-electron chi connectivity index (χ0n) is 18.1. The average molecular weight is 412 g/mol. The summed E-state index contributed by atoms with van der Waals surface area (Å²) in [7, 11) is -4.09. The van der Waals surface area contributed by atoms with Crippen molar-refractivity contribution < 1.29 is 23.1 Å². The summed E-state index contributed by atoms with van der Waals surface area (Å²) in [5, 5.41) is 9.52. The first-order valence-electron chi connectivity index (χ1n) is 9.52. The summed E-state index contributed by atoms with van der Waals surface area (Å²) < 4.78 is 32.6. The van der Waals surface area contributed by atoms with Crippen molar-refractivity contribution in [2.24, 2.45) is 11.3 Å². The molecule has 1 aromatic rings. The summed E-state index contributed by atoms with van der Waals surface area (Å²) in [5.41, 5.74) is -0.817. The zero-order chi connectivity index (χ0) is 21.7. The predicted molar refractivity (Wildman–Crippen MR) is 109 cm³/mol. The molecule has 28 heavy (non-hydrogen) atoms. The van der Waals surface area contributed by atoms with E-state index in [0.717, 1.165) is 9.87 Å². The largest absolute Gasteiger partial charge is 0.443 e. The lowest BCUT2D eigenvalue weighted by Crippen LogP contribution is -2.51. The van der Waals surface area contributed by atoms with Gasteiger partial charge < -0.3 is 9.84 Å². The van der Waals surface area contributed by atoms with Crippen LogP contribution in [0.3, 0.4) is 0 Å². The van der Waals surface area contributed by atoms with Crippen LogP contribution in [-0.4, -0.2) is 41.7 Å². The highest BCUT2D eigenvalue weighted by Gasteiger charge is 2.57. The molecule has 0 unspecified atom stereocenters. The highest BCUT2D eigenvalue weighted by Crippen LogP contribution is 2.64. The number of hydrogen-bond donors (Lipinski definition) is 1. The summed E-state index contributed by atoms with van der Waals surface area (Å²) in [5.74, 6) is 0.363. The topological polar surface area (TPSA) is 83.9 Å². The van der Waals surface area contributed by atoms with Crippen molar-refractivity contribution in [1.82, 2.24) is 4.31 Å². The number of hydrogen-bond acceptors (Lipinski definition) is 5. The van der Waals surface area contributed by atoms with E-state index in [9.17, 15) is 18.3 Å². The van der Waals surface area contributed by atoms with Gasteiger partial charge >= 0.3 is 6.09 Å². The van der Waals surface area contributed by atoms with E-state index in [0.29, 0.717) is 0 Å². The van der Waals surface area contributed by atoms with Crippen molar-refractivity contribution in [3.8, 4) is 0 Å². The van der Waals surface area contributed by atoms with Crippen LogP contribution in [0, 0.1) is 11.3 Å². The second-order valence-electron chi connectivity index (χ2n) is 10.1. The molecule has 2 atom stereocenters. The van der Waals surface area contributed by atoms with Crippen LogP contribution in [0.4, 0.5) is 4.79 Å². The molecule has 1 amide bonds. The lowest BCUT2D eigenvalue weighted by atomic mass is 10.0. The minimum absolute atomic E-state index is 0.0108. The molecule has 0 saturated heterocycles. The maximum Gasteiger partial charge on any atom is 0.424 e. The molecule has 0 heterocycles. The lowest BCUT2D eigenvalue weighted by Gasteiger charge is -2.35. The second-order valence-corrected chi connectivity index (χ2v) is 11.9. The third kappa shape index (κ3) is 4.35. The van der Waals surface area contributed by atoms with Crippen LogP contribution < -0.4 is 0 Å². The molecular weight excluding hydrogens is 378 g/mol. The van der Waals surface area contributed by atoms with Crippen molar-refractivity contribution in [2.75, 3.05) is 6.61 Å². The van der Waals surface area contributed by atoms with E-state index in [1.807, 2.05) is 0 Å². The Hall–Kier alpha value is -1.60. The van der Waals surface area contributed by atoms with E-state index in [1.165, 1.54) is 12.1 Å². The van der Waals surface area contributed by atoms with Gasteiger partial charge in [-0.1, -0.05) is 26.0 Å². The molecule has 0 aliphatic heterocycles. The second kappa shape index (κ2) is 7.02.